The molecule has 38 valence electrons. The van der Waals surface area contributed by atoms with Gasteiger partial charge in [0.05, 0.1) is 6.67 Å². The van der Waals surface area contributed by atoms with Crippen molar-refractivity contribution in [2.45, 2.75) is 12.8 Å². The van der Waals surface area contributed by atoms with Gasteiger partial charge >= 0.3 is 0 Å². The first-order valence-electron chi connectivity index (χ1n) is 2.18. The zero-order chi connectivity index (χ0) is 4.83. The highest BCUT2D eigenvalue weighted by Crippen LogP contribution is 1.92. The quantitative estimate of drug-likeness (QED) is 0.380. The highest BCUT2D eigenvalue weighted by atomic mass is 31.0. The Morgan fingerprint density at radius 2 is 2.00 bits per heavy atom. The molecule has 0 radical (unpaired) electrons. The molecule has 0 aromatic rings. The Hall–Kier alpha value is 0.360. The van der Waals surface area contributed by atoms with Crippen molar-refractivity contribution in [2.75, 3.05) is 12.8 Å². The fourth-order valence-corrected chi connectivity index (χ4v) is 0.528. The molecular weight excluding hydrogens is 98.0 g/mol. The molecule has 0 aliphatic rings. The summed E-state index contributed by atoms with van der Waals surface area (Å²) in [4.78, 5) is 0. The fourth-order valence-electron chi connectivity index (χ4n) is 0.239. The largest absolute Gasteiger partial charge is 0.251 e. The van der Waals surface area contributed by atoms with Gasteiger partial charge in [-0.25, -0.2) is 0 Å². The average Bonchev–Trinajstić information content (AvgIpc) is 1.61. The predicted molar refractivity (Wildman–Crippen MR) is 29.8 cm³/mol. The molecule has 1 unspecified atom stereocenters. The first-order chi connectivity index (χ1) is 2.91. The molecule has 6 heavy (non-hydrogen) atoms. The van der Waals surface area contributed by atoms with E-state index in [2.05, 4.69) is 9.24 Å². The van der Waals surface area contributed by atoms with Crippen LogP contribution >= 0.6 is 9.24 Å². The van der Waals surface area contributed by atoms with E-state index in [4.69, 9.17) is 0 Å². The van der Waals surface area contributed by atoms with Gasteiger partial charge in [-0.1, -0.05) is 0 Å². The maximum Gasteiger partial charge on any atom is 0.0894 e. The van der Waals surface area contributed by atoms with Crippen molar-refractivity contribution >= 4 is 9.24 Å². The molecule has 0 N–H and O–H groups in total. The van der Waals surface area contributed by atoms with Crippen molar-refractivity contribution in [1.82, 2.24) is 0 Å². The summed E-state index contributed by atoms with van der Waals surface area (Å²) >= 11 is 0. The Balaban J connectivity index is 2.34. The molecule has 0 fully saturated rings. The third kappa shape index (κ3) is 4.36. The third-order valence-corrected chi connectivity index (χ3v) is 0.996. The maximum atomic E-state index is 11.2. The normalized spacial score (nSPS) is 9.00. The molecule has 0 saturated carbocycles. The first-order valence-corrected chi connectivity index (χ1v) is 2.99. The van der Waals surface area contributed by atoms with Gasteiger partial charge in [0.1, 0.15) is 0 Å². The van der Waals surface area contributed by atoms with Gasteiger partial charge in [-0.05, 0) is 19.0 Å². The van der Waals surface area contributed by atoms with E-state index in [1.807, 2.05) is 0 Å². The van der Waals surface area contributed by atoms with Gasteiger partial charge in [0.25, 0.3) is 0 Å². The zero-order valence-corrected chi connectivity index (χ0v) is 4.94. The summed E-state index contributed by atoms with van der Waals surface area (Å²) in [5, 5.41) is 0. The second-order valence-electron chi connectivity index (χ2n) is 1.18. The number of hydrogen-bond acceptors (Lipinski definition) is 0. The van der Waals surface area contributed by atoms with Crippen LogP contribution in [0.2, 0.25) is 0 Å². The van der Waals surface area contributed by atoms with Crippen LogP contribution in [0, 0.1) is 0 Å². The van der Waals surface area contributed by atoms with E-state index < -0.39 is 0 Å². The van der Waals surface area contributed by atoms with Crippen LogP contribution in [-0.4, -0.2) is 12.8 Å². The minimum Gasteiger partial charge on any atom is -0.251 e. The third-order valence-electron chi connectivity index (χ3n) is 0.588. The second kappa shape index (κ2) is 5.36. The number of alkyl halides is 1. The standard InChI is InChI=1S/C4H10FP/c5-3-1-2-4-6/h1-4,6H2. The van der Waals surface area contributed by atoms with Crippen LogP contribution in [0.3, 0.4) is 0 Å². The number of unbranched alkanes of at least 4 members (excludes halogenated alkanes) is 1. The molecule has 0 aliphatic carbocycles. The Labute approximate surface area is 40.3 Å². The highest BCUT2D eigenvalue weighted by molar-refractivity contribution is 7.16. The van der Waals surface area contributed by atoms with Crippen LogP contribution in [0.25, 0.3) is 0 Å². The molecule has 0 spiro atoms. The summed E-state index contributed by atoms with van der Waals surface area (Å²) in [7, 11) is 2.56. The van der Waals surface area contributed by atoms with Crippen molar-refractivity contribution in [3.8, 4) is 0 Å². The summed E-state index contributed by atoms with van der Waals surface area (Å²) in [6.07, 6.45) is 2.76. The Bertz CT molecular complexity index is 19.5. The minimum atomic E-state index is -0.158. The SMILES string of the molecule is FCCCCP. The van der Waals surface area contributed by atoms with Gasteiger partial charge in [-0.15, -0.1) is 9.24 Å². The van der Waals surface area contributed by atoms with Gasteiger partial charge in [0.15, 0.2) is 0 Å². The molecule has 0 aromatic carbocycles. The molecule has 0 saturated heterocycles. The molecule has 0 rings (SSSR count). The van der Waals surface area contributed by atoms with Gasteiger partial charge in [-0.2, -0.15) is 0 Å². The molecule has 0 heterocycles. The monoisotopic (exact) mass is 108 g/mol. The lowest BCUT2D eigenvalue weighted by atomic mass is 10.4. The molecular formula is C4H10FP. The van der Waals surface area contributed by atoms with Crippen molar-refractivity contribution in [3.05, 3.63) is 0 Å². The first kappa shape index (κ1) is 6.36. The molecule has 0 aromatic heterocycles. The highest BCUT2D eigenvalue weighted by Gasteiger charge is 1.78. The second-order valence-corrected chi connectivity index (χ2v) is 1.76. The van der Waals surface area contributed by atoms with Crippen LogP contribution in [-0.2, 0) is 0 Å². The molecule has 2 heteroatoms. The minimum absolute atomic E-state index is 0.158. The summed E-state index contributed by atoms with van der Waals surface area (Å²) in [6, 6.07) is 0. The lowest BCUT2D eigenvalue weighted by Gasteiger charge is -1.84. The number of halogens is 1. The van der Waals surface area contributed by atoms with Crippen LogP contribution in [0.4, 0.5) is 4.39 Å². The van der Waals surface area contributed by atoms with E-state index in [9.17, 15) is 4.39 Å². The molecule has 0 aliphatic heterocycles. The molecule has 0 amide bonds. The van der Waals surface area contributed by atoms with E-state index in [-0.39, 0.29) is 6.67 Å². The van der Waals surface area contributed by atoms with Gasteiger partial charge in [0.2, 0.25) is 0 Å². The average molecular weight is 108 g/mol. The zero-order valence-electron chi connectivity index (χ0n) is 3.78. The summed E-state index contributed by atoms with van der Waals surface area (Å²) < 4.78 is 11.2. The van der Waals surface area contributed by atoms with Crippen LogP contribution in [0.15, 0.2) is 0 Å². The van der Waals surface area contributed by atoms with E-state index in [0.29, 0.717) is 0 Å². The molecule has 0 nitrogen and oxygen atoms in total. The van der Waals surface area contributed by atoms with E-state index in [1.54, 1.807) is 0 Å². The smallest absolute Gasteiger partial charge is 0.0894 e. The van der Waals surface area contributed by atoms with E-state index in [1.165, 1.54) is 0 Å². The number of rotatable bonds is 3. The Morgan fingerprint density at radius 1 is 1.33 bits per heavy atom. The van der Waals surface area contributed by atoms with Gasteiger partial charge < -0.3 is 0 Å². The van der Waals surface area contributed by atoms with Crippen LogP contribution in [0.1, 0.15) is 12.8 Å². The van der Waals surface area contributed by atoms with E-state index in [0.717, 1.165) is 19.0 Å². The summed E-state index contributed by atoms with van der Waals surface area (Å²) in [5.74, 6) is 0. The van der Waals surface area contributed by atoms with Gasteiger partial charge in [0, 0.05) is 0 Å². The summed E-state index contributed by atoms with van der Waals surface area (Å²) in [5.41, 5.74) is 0. The van der Waals surface area contributed by atoms with E-state index >= 15 is 0 Å². The molecule has 1 atom stereocenters. The number of hydrogen-bond donors (Lipinski definition) is 0. The lowest BCUT2D eigenvalue weighted by Crippen LogP contribution is -1.75. The van der Waals surface area contributed by atoms with Crippen LogP contribution in [0.5, 0.6) is 0 Å². The molecule has 0 bridgehead atoms. The van der Waals surface area contributed by atoms with Crippen LogP contribution < -0.4 is 0 Å². The van der Waals surface area contributed by atoms with Crippen molar-refractivity contribution < 1.29 is 4.39 Å². The van der Waals surface area contributed by atoms with Crippen molar-refractivity contribution in [2.24, 2.45) is 0 Å². The van der Waals surface area contributed by atoms with Gasteiger partial charge in [-0.3, -0.25) is 4.39 Å². The topological polar surface area (TPSA) is 0 Å². The summed E-state index contributed by atoms with van der Waals surface area (Å²) in [6.45, 7) is -0.158. The van der Waals surface area contributed by atoms with Crippen molar-refractivity contribution in [1.29, 1.82) is 0 Å². The maximum absolute atomic E-state index is 11.2. The van der Waals surface area contributed by atoms with Crippen molar-refractivity contribution in [3.63, 3.8) is 0 Å². The Morgan fingerprint density at radius 3 is 2.17 bits per heavy atom. The lowest BCUT2D eigenvalue weighted by molar-refractivity contribution is 0.470. The predicted octanol–water partition coefficient (Wildman–Crippen LogP) is 1.61. The fraction of sp³-hybridized carbons (Fsp3) is 1.00. The Kier molecular flexibility index (Phi) is 5.68.